The Morgan fingerprint density at radius 1 is 1.21 bits per heavy atom. The number of hydrogen-bond acceptors (Lipinski definition) is 3. The smallest absolute Gasteiger partial charge is 0.262 e. The number of benzene rings is 2. The minimum atomic E-state index is -0.289. The molecule has 5 nitrogen and oxygen atoms in total. The fourth-order valence-corrected chi connectivity index (χ4v) is 2.57. The predicted molar refractivity (Wildman–Crippen MR) is 94.6 cm³/mol. The first-order valence-electron chi connectivity index (χ1n) is 7.08. The van der Waals surface area contributed by atoms with E-state index in [0.29, 0.717) is 21.5 Å². The van der Waals surface area contributed by atoms with Gasteiger partial charge in [-0.3, -0.25) is 4.79 Å². The summed E-state index contributed by atoms with van der Waals surface area (Å²) in [7, 11) is 0. The van der Waals surface area contributed by atoms with Crippen LogP contribution in [0.15, 0.2) is 55.0 Å². The molecule has 7 heteroatoms. The van der Waals surface area contributed by atoms with Gasteiger partial charge in [0.05, 0.1) is 23.2 Å². The van der Waals surface area contributed by atoms with Crippen LogP contribution in [-0.4, -0.2) is 22.5 Å². The summed E-state index contributed by atoms with van der Waals surface area (Å²) in [6.07, 6.45) is 3.32. The van der Waals surface area contributed by atoms with Gasteiger partial charge in [-0.05, 0) is 30.3 Å². The van der Waals surface area contributed by atoms with E-state index in [1.807, 2.05) is 18.2 Å². The van der Waals surface area contributed by atoms with E-state index in [0.717, 1.165) is 11.3 Å². The first kappa shape index (κ1) is 16.4. The van der Waals surface area contributed by atoms with E-state index in [4.69, 9.17) is 27.9 Å². The largest absolute Gasteiger partial charge is 0.482 e. The number of aromatic amines is 1. The quantitative estimate of drug-likeness (QED) is 0.707. The molecular weight excluding hydrogens is 349 g/mol. The van der Waals surface area contributed by atoms with E-state index in [-0.39, 0.29) is 12.5 Å². The lowest BCUT2D eigenvalue weighted by Gasteiger charge is -2.09. The molecule has 0 saturated carbocycles. The first-order chi connectivity index (χ1) is 11.6. The first-order valence-corrected chi connectivity index (χ1v) is 7.84. The second kappa shape index (κ2) is 7.38. The van der Waals surface area contributed by atoms with Gasteiger partial charge >= 0.3 is 0 Å². The topological polar surface area (TPSA) is 67.0 Å². The van der Waals surface area contributed by atoms with Gasteiger partial charge in [-0.2, -0.15) is 0 Å². The molecule has 2 N–H and O–H groups in total. The second-order valence-electron chi connectivity index (χ2n) is 4.96. The lowest BCUT2D eigenvalue weighted by molar-refractivity contribution is -0.118. The van der Waals surface area contributed by atoms with Gasteiger partial charge in [0.15, 0.2) is 6.61 Å². The van der Waals surface area contributed by atoms with E-state index in [2.05, 4.69) is 15.3 Å². The highest BCUT2D eigenvalue weighted by Gasteiger charge is 2.08. The molecule has 0 bridgehead atoms. The van der Waals surface area contributed by atoms with Crippen LogP contribution in [0.5, 0.6) is 5.75 Å². The highest BCUT2D eigenvalue weighted by molar-refractivity contribution is 6.35. The minimum absolute atomic E-state index is 0.157. The maximum Gasteiger partial charge on any atom is 0.262 e. The van der Waals surface area contributed by atoms with E-state index in [1.54, 1.807) is 36.8 Å². The van der Waals surface area contributed by atoms with E-state index in [1.165, 1.54) is 0 Å². The van der Waals surface area contributed by atoms with Crippen LogP contribution in [0.4, 0.5) is 5.69 Å². The molecule has 0 atom stereocenters. The lowest BCUT2D eigenvalue weighted by Crippen LogP contribution is -2.20. The molecule has 0 radical (unpaired) electrons. The minimum Gasteiger partial charge on any atom is -0.482 e. The molecule has 0 aliphatic carbocycles. The Morgan fingerprint density at radius 2 is 2.08 bits per heavy atom. The van der Waals surface area contributed by atoms with Gasteiger partial charge in [0.25, 0.3) is 5.91 Å². The number of halogens is 2. The highest BCUT2D eigenvalue weighted by atomic mass is 35.5. The van der Waals surface area contributed by atoms with Crippen molar-refractivity contribution >= 4 is 34.8 Å². The fourth-order valence-electron chi connectivity index (χ4n) is 2.11. The number of nitrogens with one attached hydrogen (secondary N) is 2. The zero-order chi connectivity index (χ0) is 16.9. The number of nitrogens with zero attached hydrogens (tertiary/aromatic N) is 1. The van der Waals surface area contributed by atoms with Crippen LogP contribution in [0, 0.1) is 0 Å². The Balaban J connectivity index is 1.62. The van der Waals surface area contributed by atoms with Crippen molar-refractivity contribution in [3.63, 3.8) is 0 Å². The summed E-state index contributed by atoms with van der Waals surface area (Å²) >= 11 is 11.8. The fraction of sp³-hybridized carbons (Fsp3) is 0.0588. The molecule has 0 fully saturated rings. The van der Waals surface area contributed by atoms with Crippen LogP contribution in [0.1, 0.15) is 0 Å². The highest BCUT2D eigenvalue weighted by Crippen LogP contribution is 2.27. The molecule has 3 rings (SSSR count). The number of ether oxygens (including phenoxy) is 1. The summed E-state index contributed by atoms with van der Waals surface area (Å²) in [6, 6.07) is 12.2. The lowest BCUT2D eigenvalue weighted by atomic mass is 10.1. The van der Waals surface area contributed by atoms with Crippen LogP contribution >= 0.6 is 23.2 Å². The molecule has 0 aliphatic heterocycles. The van der Waals surface area contributed by atoms with Gasteiger partial charge < -0.3 is 15.0 Å². The van der Waals surface area contributed by atoms with Gasteiger partial charge in [0, 0.05) is 16.3 Å². The van der Waals surface area contributed by atoms with Crippen molar-refractivity contribution in [1.29, 1.82) is 0 Å². The van der Waals surface area contributed by atoms with Crippen LogP contribution < -0.4 is 10.1 Å². The van der Waals surface area contributed by atoms with E-state index < -0.39 is 0 Å². The zero-order valence-corrected chi connectivity index (χ0v) is 13.9. The molecule has 0 aliphatic rings. The van der Waals surface area contributed by atoms with Gasteiger partial charge in [0.2, 0.25) is 0 Å². The number of aromatic nitrogens is 2. The number of rotatable bonds is 5. The van der Waals surface area contributed by atoms with Crippen molar-refractivity contribution < 1.29 is 9.53 Å². The summed E-state index contributed by atoms with van der Waals surface area (Å²) < 4.78 is 5.41. The summed E-state index contributed by atoms with van der Waals surface area (Å²) in [5.74, 6) is 0.116. The molecular formula is C17H13Cl2N3O2. The van der Waals surface area contributed by atoms with Crippen molar-refractivity contribution in [3.8, 4) is 17.0 Å². The maximum atomic E-state index is 12.0. The van der Waals surface area contributed by atoms with Crippen LogP contribution in [0.3, 0.4) is 0 Å². The molecule has 0 unspecified atom stereocenters. The maximum absolute atomic E-state index is 12.0. The summed E-state index contributed by atoms with van der Waals surface area (Å²) in [5, 5.41) is 3.64. The molecule has 1 heterocycles. The third-order valence-corrected chi connectivity index (χ3v) is 3.74. The van der Waals surface area contributed by atoms with Crippen molar-refractivity contribution in [2.45, 2.75) is 0 Å². The third-order valence-electron chi connectivity index (χ3n) is 3.21. The van der Waals surface area contributed by atoms with Gasteiger partial charge in [0.1, 0.15) is 5.75 Å². The van der Waals surface area contributed by atoms with Crippen molar-refractivity contribution in [1.82, 2.24) is 9.97 Å². The molecule has 24 heavy (non-hydrogen) atoms. The third kappa shape index (κ3) is 4.07. The van der Waals surface area contributed by atoms with Crippen molar-refractivity contribution in [2.24, 2.45) is 0 Å². The zero-order valence-electron chi connectivity index (χ0n) is 12.4. The molecule has 2 aromatic carbocycles. The average Bonchev–Trinajstić information content (AvgIpc) is 3.09. The Hall–Kier alpha value is -2.50. The number of H-pyrrole nitrogens is 1. The normalized spacial score (nSPS) is 10.4. The van der Waals surface area contributed by atoms with Crippen LogP contribution in [0.2, 0.25) is 10.0 Å². The summed E-state index contributed by atoms with van der Waals surface area (Å²) in [4.78, 5) is 19.0. The Morgan fingerprint density at radius 3 is 2.83 bits per heavy atom. The Bertz CT molecular complexity index is 851. The summed E-state index contributed by atoms with van der Waals surface area (Å²) in [5.41, 5.74) is 2.46. The van der Waals surface area contributed by atoms with Gasteiger partial charge in [-0.25, -0.2) is 4.98 Å². The number of hydrogen-bond donors (Lipinski definition) is 2. The standard InChI is InChI=1S/C17H13Cl2N3O2/c18-12-4-5-16(14(19)7-12)24-9-17(23)22-13-3-1-2-11(6-13)15-8-20-10-21-15/h1-8,10H,9H2,(H,20,21)(H,22,23). The second-order valence-corrected chi connectivity index (χ2v) is 5.80. The molecule has 1 aromatic heterocycles. The monoisotopic (exact) mass is 361 g/mol. The van der Waals surface area contributed by atoms with Crippen LogP contribution in [-0.2, 0) is 4.79 Å². The van der Waals surface area contributed by atoms with Crippen molar-refractivity contribution in [3.05, 3.63) is 65.0 Å². The predicted octanol–water partition coefficient (Wildman–Crippen LogP) is 4.40. The number of anilines is 1. The SMILES string of the molecule is O=C(COc1ccc(Cl)cc1Cl)Nc1cccc(-c2cnc[nH]2)c1. The van der Waals surface area contributed by atoms with Crippen molar-refractivity contribution in [2.75, 3.05) is 11.9 Å². The molecule has 3 aromatic rings. The average molecular weight is 362 g/mol. The Labute approximate surface area is 148 Å². The van der Waals surface area contributed by atoms with Crippen LogP contribution in [0.25, 0.3) is 11.3 Å². The molecule has 0 saturated heterocycles. The molecule has 1 amide bonds. The van der Waals surface area contributed by atoms with Gasteiger partial charge in [-0.15, -0.1) is 0 Å². The van der Waals surface area contributed by atoms with E-state index in [9.17, 15) is 4.79 Å². The number of amides is 1. The summed E-state index contributed by atoms with van der Waals surface area (Å²) in [6.45, 7) is -0.157. The van der Waals surface area contributed by atoms with Gasteiger partial charge in [-0.1, -0.05) is 35.3 Å². The van der Waals surface area contributed by atoms with E-state index >= 15 is 0 Å². The molecule has 0 spiro atoms. The number of imidazole rings is 1. The Kier molecular flexibility index (Phi) is 5.03. The number of carbonyl (C=O) groups excluding carboxylic acids is 1. The molecule has 122 valence electrons. The number of carbonyl (C=O) groups is 1.